The molecule has 1 heterocycles. The number of hydrogen-bond acceptors (Lipinski definition) is 3. The van der Waals surface area contributed by atoms with Crippen LogP contribution in [0.15, 0.2) is 35.7 Å². The van der Waals surface area contributed by atoms with E-state index in [4.69, 9.17) is 0 Å². The summed E-state index contributed by atoms with van der Waals surface area (Å²) in [6.45, 7) is 6.39. The van der Waals surface area contributed by atoms with Gasteiger partial charge in [0.2, 0.25) is 0 Å². The SMILES string of the molecule is Cc1nc(C(C)NC(C)c2ccccc2)cs1. The van der Waals surface area contributed by atoms with Crippen molar-refractivity contribution in [3.8, 4) is 0 Å². The Morgan fingerprint density at radius 1 is 1.12 bits per heavy atom. The van der Waals surface area contributed by atoms with Crippen LogP contribution in [0.2, 0.25) is 0 Å². The fourth-order valence-electron chi connectivity index (χ4n) is 1.88. The molecule has 0 spiro atoms. The van der Waals surface area contributed by atoms with Crippen molar-refractivity contribution < 1.29 is 0 Å². The van der Waals surface area contributed by atoms with Gasteiger partial charge in [0, 0.05) is 17.5 Å². The van der Waals surface area contributed by atoms with Crippen molar-refractivity contribution in [2.24, 2.45) is 0 Å². The molecule has 0 aliphatic rings. The molecule has 2 rings (SSSR count). The lowest BCUT2D eigenvalue weighted by Gasteiger charge is -2.19. The molecule has 0 bridgehead atoms. The molecule has 90 valence electrons. The van der Waals surface area contributed by atoms with Crippen LogP contribution in [-0.2, 0) is 0 Å². The number of benzene rings is 1. The molecule has 0 aliphatic heterocycles. The smallest absolute Gasteiger partial charge is 0.0898 e. The molecule has 0 radical (unpaired) electrons. The standard InChI is InChI=1S/C14H18N2S/c1-10(13-7-5-4-6-8-13)15-11(2)14-9-17-12(3)16-14/h4-11,15H,1-3H3. The average molecular weight is 246 g/mol. The minimum Gasteiger partial charge on any atom is -0.302 e. The number of aromatic nitrogens is 1. The van der Waals surface area contributed by atoms with E-state index in [0.29, 0.717) is 6.04 Å². The molecule has 1 aromatic heterocycles. The van der Waals surface area contributed by atoms with E-state index < -0.39 is 0 Å². The molecule has 0 aliphatic carbocycles. The van der Waals surface area contributed by atoms with Gasteiger partial charge in [0.1, 0.15) is 0 Å². The van der Waals surface area contributed by atoms with Crippen LogP contribution in [0.4, 0.5) is 0 Å². The van der Waals surface area contributed by atoms with Crippen LogP contribution in [0, 0.1) is 6.92 Å². The molecule has 0 amide bonds. The van der Waals surface area contributed by atoms with E-state index in [-0.39, 0.29) is 6.04 Å². The Morgan fingerprint density at radius 3 is 2.41 bits per heavy atom. The lowest BCUT2D eigenvalue weighted by atomic mass is 10.1. The van der Waals surface area contributed by atoms with Crippen molar-refractivity contribution in [2.45, 2.75) is 32.9 Å². The van der Waals surface area contributed by atoms with Gasteiger partial charge in [-0.2, -0.15) is 0 Å². The van der Waals surface area contributed by atoms with Gasteiger partial charge in [0.05, 0.1) is 10.7 Å². The molecule has 2 nitrogen and oxygen atoms in total. The zero-order chi connectivity index (χ0) is 12.3. The second-order valence-corrected chi connectivity index (χ2v) is 5.37. The van der Waals surface area contributed by atoms with Crippen molar-refractivity contribution in [1.82, 2.24) is 10.3 Å². The van der Waals surface area contributed by atoms with Crippen LogP contribution < -0.4 is 5.32 Å². The van der Waals surface area contributed by atoms with Gasteiger partial charge in [-0.1, -0.05) is 30.3 Å². The fraction of sp³-hybridized carbons (Fsp3) is 0.357. The highest BCUT2D eigenvalue weighted by atomic mass is 32.1. The summed E-state index contributed by atoms with van der Waals surface area (Å²) >= 11 is 1.70. The van der Waals surface area contributed by atoms with Crippen LogP contribution in [0.5, 0.6) is 0 Å². The molecular weight excluding hydrogens is 228 g/mol. The summed E-state index contributed by atoms with van der Waals surface area (Å²) in [4.78, 5) is 4.51. The highest BCUT2D eigenvalue weighted by Crippen LogP contribution is 2.20. The minimum absolute atomic E-state index is 0.287. The monoisotopic (exact) mass is 246 g/mol. The Morgan fingerprint density at radius 2 is 1.82 bits per heavy atom. The number of aryl methyl sites for hydroxylation is 1. The van der Waals surface area contributed by atoms with Gasteiger partial charge >= 0.3 is 0 Å². The molecule has 0 saturated heterocycles. The summed E-state index contributed by atoms with van der Waals surface area (Å²) in [5.74, 6) is 0. The molecule has 2 atom stereocenters. The molecule has 1 N–H and O–H groups in total. The first kappa shape index (κ1) is 12.3. The van der Waals surface area contributed by atoms with Crippen molar-refractivity contribution in [2.75, 3.05) is 0 Å². The van der Waals surface area contributed by atoms with Gasteiger partial charge in [-0.05, 0) is 26.3 Å². The van der Waals surface area contributed by atoms with Gasteiger partial charge < -0.3 is 5.32 Å². The van der Waals surface area contributed by atoms with Crippen LogP contribution >= 0.6 is 11.3 Å². The topological polar surface area (TPSA) is 24.9 Å². The maximum Gasteiger partial charge on any atom is 0.0898 e. The lowest BCUT2D eigenvalue weighted by Crippen LogP contribution is -2.22. The lowest BCUT2D eigenvalue weighted by molar-refractivity contribution is 0.487. The predicted octanol–water partition coefficient (Wildman–Crippen LogP) is 3.86. The number of thiazole rings is 1. The van der Waals surface area contributed by atoms with Crippen LogP contribution in [-0.4, -0.2) is 4.98 Å². The molecule has 0 saturated carbocycles. The molecule has 2 aromatic rings. The Labute approximate surface area is 107 Å². The first-order chi connectivity index (χ1) is 8.16. The van der Waals surface area contributed by atoms with E-state index in [2.05, 4.69) is 53.8 Å². The molecule has 1 aromatic carbocycles. The van der Waals surface area contributed by atoms with Crippen molar-refractivity contribution >= 4 is 11.3 Å². The summed E-state index contributed by atoms with van der Waals surface area (Å²) in [5, 5.41) is 6.83. The Hall–Kier alpha value is -1.19. The summed E-state index contributed by atoms with van der Waals surface area (Å²) in [6, 6.07) is 11.1. The van der Waals surface area contributed by atoms with E-state index in [0.717, 1.165) is 10.7 Å². The largest absolute Gasteiger partial charge is 0.302 e. The minimum atomic E-state index is 0.287. The summed E-state index contributed by atoms with van der Waals surface area (Å²) in [5.41, 5.74) is 2.45. The average Bonchev–Trinajstić information content (AvgIpc) is 2.77. The summed E-state index contributed by atoms with van der Waals surface area (Å²) in [6.07, 6.45) is 0. The Balaban J connectivity index is 2.02. The Bertz CT molecular complexity index is 464. The predicted molar refractivity (Wildman–Crippen MR) is 73.3 cm³/mol. The van der Waals surface area contributed by atoms with E-state index >= 15 is 0 Å². The zero-order valence-electron chi connectivity index (χ0n) is 10.5. The second-order valence-electron chi connectivity index (χ2n) is 4.31. The third-order valence-corrected chi connectivity index (χ3v) is 3.67. The zero-order valence-corrected chi connectivity index (χ0v) is 11.3. The number of hydrogen-bond donors (Lipinski definition) is 1. The number of nitrogens with zero attached hydrogens (tertiary/aromatic N) is 1. The van der Waals surface area contributed by atoms with Crippen molar-refractivity contribution in [3.63, 3.8) is 0 Å². The maximum atomic E-state index is 4.51. The van der Waals surface area contributed by atoms with E-state index in [1.54, 1.807) is 11.3 Å². The number of rotatable bonds is 4. The quantitative estimate of drug-likeness (QED) is 0.886. The van der Waals surface area contributed by atoms with Crippen LogP contribution in [0.3, 0.4) is 0 Å². The van der Waals surface area contributed by atoms with Gasteiger partial charge in [0.25, 0.3) is 0 Å². The Kier molecular flexibility index (Phi) is 3.92. The van der Waals surface area contributed by atoms with E-state index in [1.807, 2.05) is 13.0 Å². The van der Waals surface area contributed by atoms with Gasteiger partial charge in [-0.3, -0.25) is 0 Å². The van der Waals surface area contributed by atoms with E-state index in [9.17, 15) is 0 Å². The molecule has 2 unspecified atom stereocenters. The van der Waals surface area contributed by atoms with Crippen LogP contribution in [0.1, 0.15) is 42.2 Å². The molecule has 0 fully saturated rings. The maximum absolute atomic E-state index is 4.51. The molecule has 17 heavy (non-hydrogen) atoms. The normalized spacial score (nSPS) is 14.5. The molecular formula is C14H18N2S. The van der Waals surface area contributed by atoms with Gasteiger partial charge in [-0.25, -0.2) is 4.98 Å². The fourth-order valence-corrected chi connectivity index (χ4v) is 2.58. The molecule has 3 heteroatoms. The first-order valence-corrected chi connectivity index (χ1v) is 6.78. The third-order valence-electron chi connectivity index (χ3n) is 2.88. The second kappa shape index (κ2) is 5.43. The first-order valence-electron chi connectivity index (χ1n) is 5.90. The highest BCUT2D eigenvalue weighted by Gasteiger charge is 2.12. The highest BCUT2D eigenvalue weighted by molar-refractivity contribution is 7.09. The van der Waals surface area contributed by atoms with Crippen LogP contribution in [0.25, 0.3) is 0 Å². The summed E-state index contributed by atoms with van der Waals surface area (Å²) in [7, 11) is 0. The van der Waals surface area contributed by atoms with Crippen molar-refractivity contribution in [3.05, 3.63) is 52.0 Å². The van der Waals surface area contributed by atoms with Gasteiger partial charge in [0.15, 0.2) is 0 Å². The number of nitrogens with one attached hydrogen (secondary N) is 1. The summed E-state index contributed by atoms with van der Waals surface area (Å²) < 4.78 is 0. The van der Waals surface area contributed by atoms with Gasteiger partial charge in [-0.15, -0.1) is 11.3 Å². The van der Waals surface area contributed by atoms with Crippen molar-refractivity contribution in [1.29, 1.82) is 0 Å². The third kappa shape index (κ3) is 3.14. The van der Waals surface area contributed by atoms with E-state index in [1.165, 1.54) is 5.56 Å².